The van der Waals surface area contributed by atoms with Crippen molar-refractivity contribution in [1.29, 1.82) is 0 Å². The number of carboxylic acid groups (broad SMARTS) is 1. The summed E-state index contributed by atoms with van der Waals surface area (Å²) in [7, 11) is 0. The molecule has 24 heavy (non-hydrogen) atoms. The minimum atomic E-state index is -0.838. The van der Waals surface area contributed by atoms with E-state index in [1.165, 1.54) is 6.07 Å². The summed E-state index contributed by atoms with van der Waals surface area (Å²) in [5.74, 6) is -0.278. The summed E-state index contributed by atoms with van der Waals surface area (Å²) in [4.78, 5) is 28.6. The van der Waals surface area contributed by atoms with Gasteiger partial charge in [-0.05, 0) is 19.4 Å². The van der Waals surface area contributed by atoms with Crippen molar-refractivity contribution in [3.05, 3.63) is 52.6 Å². The first-order valence-electron chi connectivity index (χ1n) is 7.60. The van der Waals surface area contributed by atoms with Crippen LogP contribution >= 0.6 is 0 Å². The lowest BCUT2D eigenvalue weighted by Gasteiger charge is -2.21. The molecule has 7 heteroatoms. The number of nitrogens with zero attached hydrogens (tertiary/aromatic N) is 3. The molecule has 0 radical (unpaired) electrons. The molecule has 1 aromatic heterocycles. The number of hydrogen-bond acceptors (Lipinski definition) is 5. The second-order valence-electron chi connectivity index (χ2n) is 6.20. The molecule has 1 aromatic carbocycles. The molecule has 1 saturated heterocycles. The maximum atomic E-state index is 11.4. The Balaban J connectivity index is 2.00. The molecule has 0 saturated carbocycles. The Bertz CT molecular complexity index is 794. The molecule has 0 amide bonds. The number of rotatable bonds is 4. The second kappa shape index (κ2) is 5.92. The van der Waals surface area contributed by atoms with Gasteiger partial charge in [0, 0.05) is 24.7 Å². The van der Waals surface area contributed by atoms with Crippen LogP contribution in [0.5, 0.6) is 0 Å². The number of anilines is 1. The molecular weight excluding hydrogens is 310 g/mol. The van der Waals surface area contributed by atoms with Gasteiger partial charge in [-0.1, -0.05) is 30.3 Å². The third-order valence-corrected chi connectivity index (χ3v) is 4.42. The predicted molar refractivity (Wildman–Crippen MR) is 88.9 cm³/mol. The zero-order valence-electron chi connectivity index (χ0n) is 13.2. The predicted octanol–water partition coefficient (Wildman–Crippen LogP) is 2.96. The molecule has 1 aliphatic heterocycles. The number of aliphatic carboxylic acids is 1. The average molecular weight is 327 g/mol. The Hall–Kier alpha value is -2.96. The van der Waals surface area contributed by atoms with Gasteiger partial charge in [-0.25, -0.2) is 4.98 Å². The number of carbonyl (C=O) groups is 1. The molecule has 7 nitrogen and oxygen atoms in total. The van der Waals surface area contributed by atoms with Crippen LogP contribution in [0.4, 0.5) is 11.5 Å². The van der Waals surface area contributed by atoms with Crippen LogP contribution in [0, 0.1) is 15.5 Å². The van der Waals surface area contributed by atoms with E-state index in [4.69, 9.17) is 0 Å². The Morgan fingerprint density at radius 3 is 2.58 bits per heavy atom. The van der Waals surface area contributed by atoms with Gasteiger partial charge in [0.25, 0.3) is 5.69 Å². The first-order valence-corrected chi connectivity index (χ1v) is 7.60. The quantitative estimate of drug-likeness (QED) is 0.685. The van der Waals surface area contributed by atoms with Crippen LogP contribution in [0.2, 0.25) is 0 Å². The highest BCUT2D eigenvalue weighted by Crippen LogP contribution is 2.35. The van der Waals surface area contributed by atoms with Crippen LogP contribution in [0.15, 0.2) is 42.5 Å². The molecule has 0 spiro atoms. The zero-order valence-corrected chi connectivity index (χ0v) is 13.2. The molecule has 1 aliphatic rings. The van der Waals surface area contributed by atoms with Crippen molar-refractivity contribution in [2.45, 2.75) is 13.3 Å². The Morgan fingerprint density at radius 1 is 1.29 bits per heavy atom. The standard InChI is InChI=1S/C17H17N3O4/c1-17(16(21)22)9-10-19(11-17)14-8-7-13(20(23)24)15(18-14)12-5-3-2-4-6-12/h2-8H,9-11H2,1H3,(H,21,22). The third kappa shape index (κ3) is 2.80. The molecule has 2 heterocycles. The van der Waals surface area contributed by atoms with Crippen LogP contribution < -0.4 is 4.90 Å². The highest BCUT2D eigenvalue weighted by molar-refractivity contribution is 5.77. The fraction of sp³-hybridized carbons (Fsp3) is 0.294. The lowest BCUT2D eigenvalue weighted by atomic mass is 9.90. The van der Waals surface area contributed by atoms with Crippen molar-refractivity contribution < 1.29 is 14.8 Å². The molecule has 1 fully saturated rings. The van der Waals surface area contributed by atoms with Crippen molar-refractivity contribution in [2.24, 2.45) is 5.41 Å². The highest BCUT2D eigenvalue weighted by Gasteiger charge is 2.41. The van der Waals surface area contributed by atoms with E-state index >= 15 is 0 Å². The topological polar surface area (TPSA) is 96.6 Å². The van der Waals surface area contributed by atoms with Gasteiger partial charge in [-0.3, -0.25) is 14.9 Å². The van der Waals surface area contributed by atoms with E-state index < -0.39 is 16.3 Å². The van der Waals surface area contributed by atoms with E-state index in [0.29, 0.717) is 36.6 Å². The van der Waals surface area contributed by atoms with Gasteiger partial charge in [0.05, 0.1) is 10.3 Å². The van der Waals surface area contributed by atoms with Gasteiger partial charge >= 0.3 is 5.97 Å². The van der Waals surface area contributed by atoms with Crippen LogP contribution in [0.3, 0.4) is 0 Å². The fourth-order valence-electron chi connectivity index (χ4n) is 2.90. The summed E-state index contributed by atoms with van der Waals surface area (Å²) in [6, 6.07) is 12.0. The van der Waals surface area contributed by atoms with Gasteiger partial charge in [-0.2, -0.15) is 0 Å². The molecule has 124 valence electrons. The first-order chi connectivity index (χ1) is 11.4. The lowest BCUT2D eigenvalue weighted by Crippen LogP contribution is -2.32. The lowest BCUT2D eigenvalue weighted by molar-refractivity contribution is -0.384. The monoisotopic (exact) mass is 327 g/mol. The minimum Gasteiger partial charge on any atom is -0.481 e. The molecule has 1 N–H and O–H groups in total. The van der Waals surface area contributed by atoms with Crippen LogP contribution in [0.1, 0.15) is 13.3 Å². The Kier molecular flexibility index (Phi) is 3.92. The summed E-state index contributed by atoms with van der Waals surface area (Å²) in [5.41, 5.74) is 0.0644. The van der Waals surface area contributed by atoms with E-state index in [-0.39, 0.29) is 5.69 Å². The second-order valence-corrected chi connectivity index (χ2v) is 6.20. The van der Waals surface area contributed by atoms with E-state index in [1.54, 1.807) is 37.3 Å². The summed E-state index contributed by atoms with van der Waals surface area (Å²) in [5, 5.41) is 20.6. The number of carboxylic acids is 1. The Morgan fingerprint density at radius 2 is 2.00 bits per heavy atom. The summed E-state index contributed by atoms with van der Waals surface area (Å²) >= 11 is 0. The van der Waals surface area contributed by atoms with Crippen LogP contribution in [-0.2, 0) is 4.79 Å². The summed E-state index contributed by atoms with van der Waals surface area (Å²) in [6.45, 7) is 2.60. The van der Waals surface area contributed by atoms with Gasteiger partial charge < -0.3 is 10.0 Å². The first kappa shape index (κ1) is 15.9. The zero-order chi connectivity index (χ0) is 17.3. The van der Waals surface area contributed by atoms with Gasteiger partial charge in [0.2, 0.25) is 0 Å². The normalized spacial score (nSPS) is 20.1. The molecular formula is C17H17N3O4. The van der Waals surface area contributed by atoms with Crippen LogP contribution in [-0.4, -0.2) is 34.1 Å². The smallest absolute Gasteiger partial charge is 0.311 e. The fourth-order valence-corrected chi connectivity index (χ4v) is 2.90. The third-order valence-electron chi connectivity index (χ3n) is 4.42. The van der Waals surface area contributed by atoms with Gasteiger partial charge in [0.15, 0.2) is 5.69 Å². The van der Waals surface area contributed by atoms with Gasteiger partial charge in [0.1, 0.15) is 5.82 Å². The molecule has 0 bridgehead atoms. The molecule has 0 aliphatic carbocycles. The highest BCUT2D eigenvalue weighted by atomic mass is 16.6. The minimum absolute atomic E-state index is 0.0647. The van der Waals surface area contributed by atoms with Gasteiger partial charge in [-0.15, -0.1) is 0 Å². The maximum Gasteiger partial charge on any atom is 0.311 e. The van der Waals surface area contributed by atoms with E-state index in [2.05, 4.69) is 4.98 Å². The summed E-state index contributed by atoms with van der Waals surface area (Å²) < 4.78 is 0. The van der Waals surface area contributed by atoms with Crippen molar-refractivity contribution >= 4 is 17.5 Å². The summed E-state index contributed by atoms with van der Waals surface area (Å²) in [6.07, 6.45) is 0.516. The largest absolute Gasteiger partial charge is 0.481 e. The molecule has 1 atom stereocenters. The maximum absolute atomic E-state index is 11.4. The molecule has 1 unspecified atom stereocenters. The van der Waals surface area contributed by atoms with Crippen LogP contribution in [0.25, 0.3) is 11.3 Å². The average Bonchev–Trinajstić information content (AvgIpc) is 2.99. The Labute approximate surface area is 138 Å². The van der Waals surface area contributed by atoms with Crippen molar-refractivity contribution in [3.63, 3.8) is 0 Å². The number of benzene rings is 1. The van der Waals surface area contributed by atoms with Crippen molar-refractivity contribution in [2.75, 3.05) is 18.0 Å². The number of pyridine rings is 1. The van der Waals surface area contributed by atoms with E-state index in [0.717, 1.165) is 0 Å². The molecule has 3 rings (SSSR count). The van der Waals surface area contributed by atoms with E-state index in [1.807, 2.05) is 11.0 Å². The number of nitro groups is 1. The van der Waals surface area contributed by atoms with Crippen molar-refractivity contribution in [1.82, 2.24) is 4.98 Å². The number of hydrogen-bond donors (Lipinski definition) is 1. The molecule has 2 aromatic rings. The SMILES string of the molecule is CC1(C(=O)O)CCN(c2ccc([N+](=O)[O-])c(-c3ccccc3)n2)C1. The number of aromatic nitrogens is 1. The van der Waals surface area contributed by atoms with Crippen molar-refractivity contribution in [3.8, 4) is 11.3 Å². The van der Waals surface area contributed by atoms with E-state index in [9.17, 15) is 20.0 Å².